The number of ketones is 3. The zero-order valence-electron chi connectivity index (χ0n) is 26.6. The topological polar surface area (TPSA) is 147 Å². The van der Waals surface area contributed by atoms with Crippen LogP contribution in [-0.4, -0.2) is 52.3 Å². The van der Waals surface area contributed by atoms with Crippen LogP contribution < -0.4 is 10.6 Å². The van der Waals surface area contributed by atoms with Crippen LogP contribution in [0.2, 0.25) is 0 Å². The molecule has 2 rings (SSSR count). The Morgan fingerprint density at radius 3 is 2.04 bits per heavy atom. The second kappa shape index (κ2) is 16.3. The minimum atomic E-state index is -4.62. The Labute approximate surface area is 266 Å². The van der Waals surface area contributed by atoms with Crippen LogP contribution in [0.4, 0.5) is 13.2 Å². The highest BCUT2D eigenvalue weighted by Gasteiger charge is 2.37. The van der Waals surface area contributed by atoms with Crippen molar-refractivity contribution in [2.45, 2.75) is 85.0 Å². The smallest absolute Gasteiger partial charge is 0.416 e. The number of carbonyl (C=O) groups is 6. The molecule has 0 fully saturated rings. The first-order chi connectivity index (χ1) is 21.3. The Hall–Kier alpha value is -4.35. The normalized spacial score (nSPS) is 14.3. The van der Waals surface area contributed by atoms with Gasteiger partial charge in [-0.1, -0.05) is 68.8 Å². The van der Waals surface area contributed by atoms with Gasteiger partial charge in [-0.3, -0.25) is 28.8 Å². The average Bonchev–Trinajstić information content (AvgIpc) is 2.98. The van der Waals surface area contributed by atoms with Gasteiger partial charge in [-0.2, -0.15) is 13.2 Å². The van der Waals surface area contributed by atoms with Crippen LogP contribution in [0.1, 0.15) is 70.6 Å². The number of hydrogen-bond acceptors (Lipinski definition) is 6. The number of alkyl halides is 3. The minimum absolute atomic E-state index is 0.0200. The Balaban J connectivity index is 2.22. The first kappa shape index (κ1) is 37.8. The molecule has 2 amide bonds. The van der Waals surface area contributed by atoms with E-state index in [1.807, 2.05) is 0 Å². The maximum Gasteiger partial charge on any atom is 0.416 e. The number of carboxylic acid groups (broad SMARTS) is 1. The summed E-state index contributed by atoms with van der Waals surface area (Å²) in [4.78, 5) is 76.8. The van der Waals surface area contributed by atoms with Crippen molar-refractivity contribution in [2.75, 3.05) is 0 Å². The van der Waals surface area contributed by atoms with Gasteiger partial charge >= 0.3 is 12.1 Å². The Bertz CT molecular complexity index is 1420. The molecule has 0 aliphatic rings. The number of nitrogens with one attached hydrogen (secondary N) is 2. The molecule has 0 aliphatic carbocycles. The van der Waals surface area contributed by atoms with Crippen LogP contribution in [0, 0.1) is 17.3 Å². The zero-order valence-corrected chi connectivity index (χ0v) is 26.6. The van der Waals surface area contributed by atoms with Crippen molar-refractivity contribution in [3.8, 4) is 0 Å². The van der Waals surface area contributed by atoms with Crippen molar-refractivity contribution < 1.29 is 47.0 Å². The van der Waals surface area contributed by atoms with Gasteiger partial charge in [0.1, 0.15) is 5.78 Å². The molecule has 0 heterocycles. The number of carbonyl (C=O) groups excluding carboxylic acids is 5. The third kappa shape index (κ3) is 11.2. The Morgan fingerprint density at radius 1 is 0.870 bits per heavy atom. The molecule has 0 spiro atoms. The summed E-state index contributed by atoms with van der Waals surface area (Å²) in [5, 5.41) is 14.2. The highest BCUT2D eigenvalue weighted by Crippen LogP contribution is 2.30. The monoisotopic (exact) mass is 646 g/mol. The molecule has 2 unspecified atom stereocenters. The van der Waals surface area contributed by atoms with Crippen molar-refractivity contribution in [1.29, 1.82) is 0 Å². The fraction of sp³-hybridized carbons (Fsp3) is 0.471. The third-order valence-corrected chi connectivity index (χ3v) is 7.84. The number of carboxylic acids is 1. The number of aliphatic carboxylic acids is 1. The maximum absolute atomic E-state index is 13.4. The van der Waals surface area contributed by atoms with E-state index in [-0.39, 0.29) is 30.6 Å². The van der Waals surface area contributed by atoms with Gasteiger partial charge in [0.05, 0.1) is 23.1 Å². The number of amides is 2. The van der Waals surface area contributed by atoms with E-state index >= 15 is 0 Å². The van der Waals surface area contributed by atoms with E-state index in [9.17, 15) is 47.0 Å². The molecule has 0 aliphatic heterocycles. The van der Waals surface area contributed by atoms with Crippen molar-refractivity contribution in [2.24, 2.45) is 17.3 Å². The van der Waals surface area contributed by atoms with Crippen LogP contribution in [0.25, 0.3) is 0 Å². The molecule has 9 nitrogen and oxygen atoms in total. The van der Waals surface area contributed by atoms with E-state index in [0.717, 1.165) is 12.1 Å². The van der Waals surface area contributed by atoms with Crippen LogP contribution in [0.5, 0.6) is 0 Å². The molecular formula is C34H41F3N2O7. The lowest BCUT2D eigenvalue weighted by molar-refractivity contribution is -0.150. The van der Waals surface area contributed by atoms with Gasteiger partial charge in [-0.05, 0) is 50.3 Å². The fourth-order valence-corrected chi connectivity index (χ4v) is 4.79. The SMILES string of the molecule is CC[C@H](C)C(NC(=O)C(=O)C(C)NC(=O)[C@@H](CC(=O)Cc1ccccc1)Cc1cccc(C(F)(F)F)c1)C(=O)CC(C)(C)C(=O)O. The molecule has 0 radical (unpaired) electrons. The summed E-state index contributed by atoms with van der Waals surface area (Å²) in [6.45, 7) is 7.39. The summed E-state index contributed by atoms with van der Waals surface area (Å²) in [6, 6.07) is 10.5. The summed E-state index contributed by atoms with van der Waals surface area (Å²) < 4.78 is 40.0. The van der Waals surface area contributed by atoms with Gasteiger partial charge in [-0.15, -0.1) is 0 Å². The lowest BCUT2D eigenvalue weighted by Gasteiger charge is -2.27. The number of halogens is 3. The van der Waals surface area contributed by atoms with Gasteiger partial charge in [0.2, 0.25) is 11.7 Å². The molecule has 12 heteroatoms. The van der Waals surface area contributed by atoms with Crippen LogP contribution in [-0.2, 0) is 47.8 Å². The van der Waals surface area contributed by atoms with Crippen molar-refractivity contribution >= 4 is 35.1 Å². The molecule has 4 atom stereocenters. The number of Topliss-reactive ketones (excluding diaryl/α,β-unsaturated/α-hetero) is 3. The highest BCUT2D eigenvalue weighted by molar-refractivity contribution is 6.38. The summed E-state index contributed by atoms with van der Waals surface area (Å²) in [5.41, 5.74) is -1.50. The molecule has 2 aromatic carbocycles. The molecule has 0 bridgehead atoms. The van der Waals surface area contributed by atoms with Gasteiger partial charge < -0.3 is 15.7 Å². The van der Waals surface area contributed by atoms with E-state index in [2.05, 4.69) is 10.6 Å². The van der Waals surface area contributed by atoms with Crippen molar-refractivity contribution in [1.82, 2.24) is 10.6 Å². The van der Waals surface area contributed by atoms with Gasteiger partial charge in [0.25, 0.3) is 5.91 Å². The summed E-state index contributed by atoms with van der Waals surface area (Å²) in [6.07, 6.45) is -5.19. The van der Waals surface area contributed by atoms with E-state index in [1.165, 1.54) is 32.9 Å². The molecule has 0 saturated carbocycles. The standard InChI is InChI=1S/C34H41F3N2O7/c1-6-20(2)28(27(41)19-33(4,5)32(45)46)39-31(44)29(42)21(3)38-30(43)24(18-26(40)17-22-11-8-7-9-12-22)15-23-13-10-14-25(16-23)34(35,36)37/h7-14,16,20-21,24,28H,6,15,17-19H2,1-5H3,(H,38,43)(H,39,44)(H,45,46)/t20-,21?,24+,28?/m0/s1. The average molecular weight is 647 g/mol. The van der Waals surface area contributed by atoms with Crippen molar-refractivity contribution in [3.05, 3.63) is 71.3 Å². The second-order valence-electron chi connectivity index (χ2n) is 12.3. The second-order valence-corrected chi connectivity index (χ2v) is 12.3. The third-order valence-electron chi connectivity index (χ3n) is 7.84. The van der Waals surface area contributed by atoms with Crippen LogP contribution in [0.15, 0.2) is 54.6 Å². The fourth-order valence-electron chi connectivity index (χ4n) is 4.79. The first-order valence-corrected chi connectivity index (χ1v) is 15.0. The van der Waals surface area contributed by atoms with Gasteiger partial charge in [0.15, 0.2) is 5.78 Å². The molecule has 2 aromatic rings. The Kier molecular flexibility index (Phi) is 13.4. The number of benzene rings is 2. The Morgan fingerprint density at radius 2 is 1.48 bits per heavy atom. The number of hydrogen-bond donors (Lipinski definition) is 3. The van der Waals surface area contributed by atoms with Crippen LogP contribution >= 0.6 is 0 Å². The first-order valence-electron chi connectivity index (χ1n) is 15.0. The summed E-state index contributed by atoms with van der Waals surface area (Å²) in [5.74, 6) is -6.81. The lowest BCUT2D eigenvalue weighted by atomic mass is 9.82. The molecule has 250 valence electrons. The van der Waals surface area contributed by atoms with Gasteiger partial charge in [-0.25, -0.2) is 0 Å². The van der Waals surface area contributed by atoms with Crippen LogP contribution in [0.3, 0.4) is 0 Å². The van der Waals surface area contributed by atoms with E-state index < -0.39 is 76.8 Å². The molecular weight excluding hydrogens is 605 g/mol. The summed E-state index contributed by atoms with van der Waals surface area (Å²) in [7, 11) is 0. The largest absolute Gasteiger partial charge is 0.481 e. The molecule has 0 saturated heterocycles. The zero-order chi connectivity index (χ0) is 34.8. The maximum atomic E-state index is 13.4. The van der Waals surface area contributed by atoms with Crippen molar-refractivity contribution in [3.63, 3.8) is 0 Å². The lowest BCUT2D eigenvalue weighted by Crippen LogP contribution is -2.53. The highest BCUT2D eigenvalue weighted by atomic mass is 19.4. The van der Waals surface area contributed by atoms with Gasteiger partial charge in [0, 0.05) is 25.2 Å². The summed E-state index contributed by atoms with van der Waals surface area (Å²) >= 11 is 0. The van der Waals surface area contributed by atoms with E-state index in [4.69, 9.17) is 0 Å². The number of rotatable bonds is 17. The van der Waals surface area contributed by atoms with E-state index in [0.29, 0.717) is 12.0 Å². The molecule has 46 heavy (non-hydrogen) atoms. The predicted octanol–water partition coefficient (Wildman–Crippen LogP) is 4.74. The minimum Gasteiger partial charge on any atom is -0.481 e. The quantitative estimate of drug-likeness (QED) is 0.211. The molecule has 3 N–H and O–H groups in total. The predicted molar refractivity (Wildman–Crippen MR) is 163 cm³/mol. The molecule has 0 aromatic heterocycles. The van der Waals surface area contributed by atoms with E-state index in [1.54, 1.807) is 44.2 Å².